The van der Waals surface area contributed by atoms with Crippen LogP contribution in [0.15, 0.2) is 24.5 Å². The van der Waals surface area contributed by atoms with E-state index in [0.29, 0.717) is 19.5 Å². The summed E-state index contributed by atoms with van der Waals surface area (Å²) in [6.45, 7) is 9.01. The SMILES string of the molecule is CCN1CC(C(=O)N2CCCN(CCCn3cccc3)CC2)CC1=O. The molecular weight excluding hydrogens is 316 g/mol. The van der Waals surface area contributed by atoms with Crippen molar-refractivity contribution in [3.8, 4) is 0 Å². The molecule has 0 radical (unpaired) electrons. The highest BCUT2D eigenvalue weighted by Crippen LogP contribution is 2.20. The van der Waals surface area contributed by atoms with E-state index in [1.807, 2.05) is 11.8 Å². The fourth-order valence-electron chi connectivity index (χ4n) is 3.91. The fraction of sp³-hybridized carbons (Fsp3) is 0.684. The predicted octanol–water partition coefficient (Wildman–Crippen LogP) is 1.28. The van der Waals surface area contributed by atoms with Gasteiger partial charge in [-0.15, -0.1) is 0 Å². The summed E-state index contributed by atoms with van der Waals surface area (Å²) in [7, 11) is 0. The number of carbonyl (C=O) groups excluding carboxylic acids is 2. The molecule has 2 aliphatic rings. The second-order valence-electron chi connectivity index (χ2n) is 7.13. The van der Waals surface area contributed by atoms with Crippen molar-refractivity contribution in [2.75, 3.05) is 45.8 Å². The second kappa shape index (κ2) is 8.52. The van der Waals surface area contributed by atoms with Gasteiger partial charge in [-0.05, 0) is 45.0 Å². The summed E-state index contributed by atoms with van der Waals surface area (Å²) in [5.74, 6) is 0.175. The Bertz CT molecular complexity index is 572. The van der Waals surface area contributed by atoms with Crippen LogP contribution in [0.5, 0.6) is 0 Å². The summed E-state index contributed by atoms with van der Waals surface area (Å²) >= 11 is 0. The molecule has 3 rings (SSSR count). The molecule has 2 fully saturated rings. The minimum Gasteiger partial charge on any atom is -0.354 e. The summed E-state index contributed by atoms with van der Waals surface area (Å²) in [5, 5.41) is 0. The van der Waals surface area contributed by atoms with E-state index in [0.717, 1.165) is 52.1 Å². The van der Waals surface area contributed by atoms with E-state index in [-0.39, 0.29) is 17.7 Å². The number of aromatic nitrogens is 1. The van der Waals surface area contributed by atoms with Crippen molar-refractivity contribution < 1.29 is 9.59 Å². The molecule has 138 valence electrons. The van der Waals surface area contributed by atoms with Gasteiger partial charge >= 0.3 is 0 Å². The number of nitrogens with zero attached hydrogens (tertiary/aromatic N) is 4. The largest absolute Gasteiger partial charge is 0.354 e. The minimum atomic E-state index is -0.132. The molecule has 0 spiro atoms. The maximum absolute atomic E-state index is 12.8. The normalized spacial score (nSPS) is 22.4. The molecule has 6 heteroatoms. The number of aryl methyl sites for hydroxylation is 1. The van der Waals surface area contributed by atoms with Gasteiger partial charge in [-0.3, -0.25) is 9.59 Å². The quantitative estimate of drug-likeness (QED) is 0.780. The van der Waals surface area contributed by atoms with Crippen molar-refractivity contribution in [1.29, 1.82) is 0 Å². The maximum atomic E-state index is 12.8. The molecule has 0 aliphatic carbocycles. The van der Waals surface area contributed by atoms with Crippen LogP contribution in [0.2, 0.25) is 0 Å². The van der Waals surface area contributed by atoms with Crippen molar-refractivity contribution in [1.82, 2.24) is 19.3 Å². The van der Waals surface area contributed by atoms with Crippen LogP contribution in [-0.4, -0.2) is 76.9 Å². The Labute approximate surface area is 150 Å². The van der Waals surface area contributed by atoms with Gasteiger partial charge in [0, 0.05) is 58.1 Å². The third kappa shape index (κ3) is 4.63. The molecule has 0 aromatic carbocycles. The molecule has 3 heterocycles. The molecule has 2 amide bonds. The molecule has 1 unspecified atom stereocenters. The van der Waals surface area contributed by atoms with E-state index < -0.39 is 0 Å². The monoisotopic (exact) mass is 346 g/mol. The summed E-state index contributed by atoms with van der Waals surface area (Å²) in [4.78, 5) is 30.9. The van der Waals surface area contributed by atoms with Crippen molar-refractivity contribution in [3.63, 3.8) is 0 Å². The third-order valence-corrected chi connectivity index (χ3v) is 5.40. The Balaban J connectivity index is 1.43. The highest BCUT2D eigenvalue weighted by atomic mass is 16.2. The van der Waals surface area contributed by atoms with E-state index in [1.54, 1.807) is 4.90 Å². The highest BCUT2D eigenvalue weighted by Gasteiger charge is 2.36. The highest BCUT2D eigenvalue weighted by molar-refractivity contribution is 5.89. The van der Waals surface area contributed by atoms with Crippen LogP contribution in [0.3, 0.4) is 0 Å². The van der Waals surface area contributed by atoms with Gasteiger partial charge in [-0.1, -0.05) is 0 Å². The summed E-state index contributed by atoms with van der Waals surface area (Å²) in [6.07, 6.45) is 6.75. The van der Waals surface area contributed by atoms with Gasteiger partial charge in [0.2, 0.25) is 11.8 Å². The van der Waals surface area contributed by atoms with E-state index in [2.05, 4.69) is 34.0 Å². The Morgan fingerprint density at radius 2 is 1.92 bits per heavy atom. The summed E-state index contributed by atoms with van der Waals surface area (Å²) in [6, 6.07) is 4.12. The van der Waals surface area contributed by atoms with Gasteiger partial charge < -0.3 is 19.3 Å². The average molecular weight is 346 g/mol. The number of hydrogen-bond donors (Lipinski definition) is 0. The van der Waals surface area contributed by atoms with Crippen LogP contribution >= 0.6 is 0 Å². The van der Waals surface area contributed by atoms with Gasteiger partial charge in [0.25, 0.3) is 0 Å². The first kappa shape index (κ1) is 18.0. The smallest absolute Gasteiger partial charge is 0.228 e. The lowest BCUT2D eigenvalue weighted by Crippen LogP contribution is -2.40. The summed E-state index contributed by atoms with van der Waals surface area (Å²) in [5.41, 5.74) is 0. The van der Waals surface area contributed by atoms with Crippen molar-refractivity contribution in [2.45, 2.75) is 32.7 Å². The van der Waals surface area contributed by atoms with E-state index in [1.165, 1.54) is 0 Å². The molecule has 1 aromatic heterocycles. The van der Waals surface area contributed by atoms with Crippen LogP contribution in [0, 0.1) is 5.92 Å². The van der Waals surface area contributed by atoms with Gasteiger partial charge in [-0.2, -0.15) is 0 Å². The van der Waals surface area contributed by atoms with Crippen LogP contribution in [-0.2, 0) is 16.1 Å². The molecule has 1 atom stereocenters. The van der Waals surface area contributed by atoms with Gasteiger partial charge in [0.05, 0.1) is 5.92 Å². The first-order valence-corrected chi connectivity index (χ1v) is 9.57. The zero-order valence-corrected chi connectivity index (χ0v) is 15.3. The van der Waals surface area contributed by atoms with Crippen LogP contribution < -0.4 is 0 Å². The lowest BCUT2D eigenvalue weighted by atomic mass is 10.1. The molecule has 2 aliphatic heterocycles. The first-order chi connectivity index (χ1) is 12.2. The zero-order chi connectivity index (χ0) is 17.6. The third-order valence-electron chi connectivity index (χ3n) is 5.40. The van der Waals surface area contributed by atoms with E-state index >= 15 is 0 Å². The lowest BCUT2D eigenvalue weighted by Gasteiger charge is -2.24. The first-order valence-electron chi connectivity index (χ1n) is 9.57. The molecule has 0 saturated carbocycles. The number of likely N-dealkylation sites (tertiary alicyclic amines) is 1. The Kier molecular flexibility index (Phi) is 6.13. The Morgan fingerprint density at radius 1 is 1.12 bits per heavy atom. The zero-order valence-electron chi connectivity index (χ0n) is 15.3. The number of hydrogen-bond acceptors (Lipinski definition) is 3. The standard InChI is InChI=1S/C19H30N4O2/c1-2-22-16-17(15-18(22)24)19(25)23-12-6-11-21(13-14-23)10-5-9-20-7-3-4-8-20/h3-4,7-8,17H,2,5-6,9-16H2,1H3. The molecule has 0 bridgehead atoms. The molecule has 25 heavy (non-hydrogen) atoms. The predicted molar refractivity (Wildman–Crippen MR) is 97.0 cm³/mol. The van der Waals surface area contributed by atoms with Gasteiger partial charge in [0.15, 0.2) is 0 Å². The second-order valence-corrected chi connectivity index (χ2v) is 7.13. The maximum Gasteiger partial charge on any atom is 0.228 e. The Hall–Kier alpha value is -1.82. The van der Waals surface area contributed by atoms with E-state index in [9.17, 15) is 9.59 Å². The molecule has 6 nitrogen and oxygen atoms in total. The number of amides is 2. The van der Waals surface area contributed by atoms with Gasteiger partial charge in [-0.25, -0.2) is 0 Å². The van der Waals surface area contributed by atoms with Crippen molar-refractivity contribution in [2.24, 2.45) is 5.92 Å². The molecule has 0 N–H and O–H groups in total. The molecule has 1 aromatic rings. The minimum absolute atomic E-state index is 0.127. The van der Waals surface area contributed by atoms with Crippen LogP contribution in [0.4, 0.5) is 0 Å². The van der Waals surface area contributed by atoms with Crippen molar-refractivity contribution >= 4 is 11.8 Å². The average Bonchev–Trinajstić information content (AvgIpc) is 3.19. The van der Waals surface area contributed by atoms with E-state index in [4.69, 9.17) is 0 Å². The lowest BCUT2D eigenvalue weighted by molar-refractivity contribution is -0.135. The fourth-order valence-corrected chi connectivity index (χ4v) is 3.91. The molecule has 2 saturated heterocycles. The Morgan fingerprint density at radius 3 is 2.64 bits per heavy atom. The van der Waals surface area contributed by atoms with Crippen LogP contribution in [0.25, 0.3) is 0 Å². The van der Waals surface area contributed by atoms with Crippen molar-refractivity contribution in [3.05, 3.63) is 24.5 Å². The number of carbonyl (C=O) groups is 2. The van der Waals surface area contributed by atoms with Gasteiger partial charge in [0.1, 0.15) is 0 Å². The topological polar surface area (TPSA) is 48.8 Å². The molecular formula is C19H30N4O2. The number of rotatable bonds is 6. The summed E-state index contributed by atoms with van der Waals surface area (Å²) < 4.78 is 2.21. The van der Waals surface area contributed by atoms with Crippen LogP contribution in [0.1, 0.15) is 26.2 Å².